The summed E-state index contributed by atoms with van der Waals surface area (Å²) >= 11 is 0. The number of ether oxygens (including phenoxy) is 2. The molecular weight excluding hydrogens is 242 g/mol. The second-order valence-corrected chi connectivity index (χ2v) is 4.88. The van der Waals surface area contributed by atoms with Gasteiger partial charge in [0, 0.05) is 7.11 Å². The monoisotopic (exact) mass is 265 g/mol. The molecule has 1 aromatic rings. The van der Waals surface area contributed by atoms with Crippen molar-refractivity contribution in [2.75, 3.05) is 13.7 Å². The lowest BCUT2D eigenvalue weighted by Crippen LogP contribution is -2.23. The third-order valence-electron chi connectivity index (χ3n) is 3.08. The highest BCUT2D eigenvalue weighted by Gasteiger charge is 2.23. The zero-order valence-electron chi connectivity index (χ0n) is 12.4. The second kappa shape index (κ2) is 6.66. The molecule has 4 heteroatoms. The van der Waals surface area contributed by atoms with Crippen molar-refractivity contribution in [1.29, 1.82) is 0 Å². The lowest BCUT2D eigenvalue weighted by atomic mass is 10.0. The van der Waals surface area contributed by atoms with E-state index in [9.17, 15) is 4.79 Å². The molecule has 0 amide bonds. The largest absolute Gasteiger partial charge is 0.462 e. The van der Waals surface area contributed by atoms with E-state index in [2.05, 4.69) is 11.9 Å². The minimum atomic E-state index is -0.463. The Hall–Kier alpha value is -1.42. The highest BCUT2D eigenvalue weighted by atomic mass is 16.5. The Kier molecular flexibility index (Phi) is 5.48. The summed E-state index contributed by atoms with van der Waals surface area (Å²) in [6.07, 6.45) is 1.68. The van der Waals surface area contributed by atoms with E-state index in [1.165, 1.54) is 0 Å². The van der Waals surface area contributed by atoms with Gasteiger partial charge in [-0.2, -0.15) is 0 Å². The Labute approximate surface area is 115 Å². The molecule has 0 aromatic carbocycles. The van der Waals surface area contributed by atoms with Gasteiger partial charge < -0.3 is 9.47 Å². The number of carbonyl (C=O) groups excluding carboxylic acids is 1. The lowest BCUT2D eigenvalue weighted by Gasteiger charge is -2.23. The Balaban J connectivity index is 3.18. The zero-order chi connectivity index (χ0) is 14.5. The molecule has 0 spiro atoms. The number of nitrogens with zero attached hydrogens (tertiary/aromatic N) is 1. The van der Waals surface area contributed by atoms with Crippen LogP contribution in [0.25, 0.3) is 0 Å². The van der Waals surface area contributed by atoms with Gasteiger partial charge in [0.1, 0.15) is 5.60 Å². The summed E-state index contributed by atoms with van der Waals surface area (Å²) < 4.78 is 10.5. The van der Waals surface area contributed by atoms with Crippen LogP contribution in [-0.4, -0.2) is 24.7 Å². The topological polar surface area (TPSA) is 48.4 Å². The molecule has 106 valence electrons. The lowest BCUT2D eigenvalue weighted by molar-refractivity contribution is 0.0152. The number of methoxy groups -OCH3 is 1. The maximum absolute atomic E-state index is 11.9. The molecule has 0 radical (unpaired) electrons. The van der Waals surface area contributed by atoms with Crippen LogP contribution in [0, 0.1) is 0 Å². The molecule has 0 saturated heterocycles. The minimum absolute atomic E-state index is 0.305. The first-order valence-corrected chi connectivity index (χ1v) is 6.68. The van der Waals surface area contributed by atoms with E-state index in [0.717, 1.165) is 24.2 Å². The van der Waals surface area contributed by atoms with Gasteiger partial charge in [0.05, 0.1) is 23.6 Å². The molecule has 0 unspecified atom stereocenters. The van der Waals surface area contributed by atoms with Crippen molar-refractivity contribution in [2.24, 2.45) is 0 Å². The summed E-state index contributed by atoms with van der Waals surface area (Å²) in [6, 6.07) is 3.61. The maximum Gasteiger partial charge on any atom is 0.339 e. The maximum atomic E-state index is 11.9. The summed E-state index contributed by atoms with van der Waals surface area (Å²) in [5.74, 6) is -0.305. The van der Waals surface area contributed by atoms with Crippen molar-refractivity contribution in [3.63, 3.8) is 0 Å². The number of aryl methyl sites for hydroxylation is 1. The minimum Gasteiger partial charge on any atom is -0.462 e. The van der Waals surface area contributed by atoms with Crippen molar-refractivity contribution in [3.05, 3.63) is 29.1 Å². The van der Waals surface area contributed by atoms with E-state index in [1.807, 2.05) is 19.9 Å². The Morgan fingerprint density at radius 1 is 1.32 bits per heavy atom. The Bertz CT molecular complexity index is 441. The summed E-state index contributed by atoms with van der Waals surface area (Å²) in [5.41, 5.74) is 1.70. The van der Waals surface area contributed by atoms with Crippen LogP contribution in [0.4, 0.5) is 0 Å². The number of carbonyl (C=O) groups is 1. The molecule has 1 heterocycles. The summed E-state index contributed by atoms with van der Waals surface area (Å²) in [7, 11) is 1.65. The molecule has 0 aliphatic rings. The molecular formula is C15H23NO3. The van der Waals surface area contributed by atoms with E-state index in [0.29, 0.717) is 12.2 Å². The van der Waals surface area contributed by atoms with Crippen LogP contribution in [0.3, 0.4) is 0 Å². The highest BCUT2D eigenvalue weighted by molar-refractivity contribution is 5.90. The van der Waals surface area contributed by atoms with Gasteiger partial charge in [-0.25, -0.2) is 4.79 Å². The van der Waals surface area contributed by atoms with E-state index in [-0.39, 0.29) is 5.97 Å². The standard InChI is InChI=1S/C15H23NO3/c1-6-8-12-11(14(17)19-7-2)9-10-13(16-12)15(3,4)18-5/h9-10H,6-8H2,1-5H3. The van der Waals surface area contributed by atoms with Crippen LogP contribution in [0.15, 0.2) is 12.1 Å². The predicted octanol–water partition coefficient (Wildman–Crippen LogP) is 3.09. The molecule has 0 bridgehead atoms. The van der Waals surface area contributed by atoms with Gasteiger partial charge in [-0.1, -0.05) is 13.3 Å². The van der Waals surface area contributed by atoms with Crippen LogP contribution >= 0.6 is 0 Å². The number of pyridine rings is 1. The molecule has 1 rings (SSSR count). The second-order valence-electron chi connectivity index (χ2n) is 4.88. The third-order valence-corrected chi connectivity index (χ3v) is 3.08. The van der Waals surface area contributed by atoms with Crippen molar-refractivity contribution in [1.82, 2.24) is 4.98 Å². The fourth-order valence-electron chi connectivity index (χ4n) is 1.76. The van der Waals surface area contributed by atoms with Crippen LogP contribution in [0.1, 0.15) is 55.9 Å². The molecule has 0 saturated carbocycles. The summed E-state index contributed by atoms with van der Waals surface area (Å²) in [5, 5.41) is 0. The van der Waals surface area contributed by atoms with Gasteiger partial charge in [-0.15, -0.1) is 0 Å². The molecule has 0 fully saturated rings. The first kappa shape index (κ1) is 15.6. The Morgan fingerprint density at radius 3 is 2.53 bits per heavy atom. The molecule has 4 nitrogen and oxygen atoms in total. The van der Waals surface area contributed by atoms with Gasteiger partial charge >= 0.3 is 5.97 Å². The molecule has 1 aromatic heterocycles. The van der Waals surface area contributed by atoms with Gasteiger partial charge in [-0.3, -0.25) is 4.98 Å². The molecule has 19 heavy (non-hydrogen) atoms. The quantitative estimate of drug-likeness (QED) is 0.742. The summed E-state index contributed by atoms with van der Waals surface area (Å²) in [4.78, 5) is 16.5. The highest BCUT2D eigenvalue weighted by Crippen LogP contribution is 2.24. The van der Waals surface area contributed by atoms with Gasteiger partial charge in [0.25, 0.3) is 0 Å². The van der Waals surface area contributed by atoms with Crippen molar-refractivity contribution >= 4 is 5.97 Å². The van der Waals surface area contributed by atoms with E-state index in [1.54, 1.807) is 20.1 Å². The fourth-order valence-corrected chi connectivity index (χ4v) is 1.76. The molecule has 0 aliphatic heterocycles. The predicted molar refractivity (Wildman–Crippen MR) is 74.2 cm³/mol. The van der Waals surface area contributed by atoms with Crippen molar-refractivity contribution < 1.29 is 14.3 Å². The zero-order valence-corrected chi connectivity index (χ0v) is 12.4. The van der Waals surface area contributed by atoms with Crippen LogP contribution in [-0.2, 0) is 21.5 Å². The SMILES string of the molecule is CCCc1nc(C(C)(C)OC)ccc1C(=O)OCC. The van der Waals surface area contributed by atoms with Crippen molar-refractivity contribution in [2.45, 2.75) is 46.1 Å². The number of hydrogen-bond acceptors (Lipinski definition) is 4. The number of rotatable bonds is 6. The smallest absolute Gasteiger partial charge is 0.339 e. The van der Waals surface area contributed by atoms with Crippen molar-refractivity contribution in [3.8, 4) is 0 Å². The average Bonchev–Trinajstić information content (AvgIpc) is 2.39. The summed E-state index contributed by atoms with van der Waals surface area (Å²) in [6.45, 7) is 8.14. The average molecular weight is 265 g/mol. The molecule has 0 aliphatic carbocycles. The van der Waals surface area contributed by atoms with E-state index >= 15 is 0 Å². The van der Waals surface area contributed by atoms with Crippen LogP contribution in [0.2, 0.25) is 0 Å². The molecule has 0 N–H and O–H groups in total. The van der Waals surface area contributed by atoms with Gasteiger partial charge in [0.15, 0.2) is 0 Å². The van der Waals surface area contributed by atoms with Crippen LogP contribution in [0.5, 0.6) is 0 Å². The normalized spacial score (nSPS) is 11.4. The Morgan fingerprint density at radius 2 is 2.00 bits per heavy atom. The van der Waals surface area contributed by atoms with Gasteiger partial charge in [0.2, 0.25) is 0 Å². The number of aromatic nitrogens is 1. The fraction of sp³-hybridized carbons (Fsp3) is 0.600. The van der Waals surface area contributed by atoms with Gasteiger partial charge in [-0.05, 0) is 39.3 Å². The number of esters is 1. The van der Waals surface area contributed by atoms with Crippen LogP contribution < -0.4 is 0 Å². The third kappa shape index (κ3) is 3.77. The first-order chi connectivity index (χ1) is 8.96. The van der Waals surface area contributed by atoms with E-state index in [4.69, 9.17) is 9.47 Å². The molecule has 0 atom stereocenters. The van der Waals surface area contributed by atoms with E-state index < -0.39 is 5.60 Å². The number of hydrogen-bond donors (Lipinski definition) is 0. The first-order valence-electron chi connectivity index (χ1n) is 6.68.